The molecule has 0 radical (unpaired) electrons. The number of methoxy groups -OCH3 is 1. The van der Waals surface area contributed by atoms with Crippen molar-refractivity contribution in [1.82, 2.24) is 24.8 Å². The third-order valence-corrected chi connectivity index (χ3v) is 4.38. The number of fused-ring (bicyclic) bond motifs is 1. The highest BCUT2D eigenvalue weighted by molar-refractivity contribution is 6.05. The number of halogens is 3. The topological polar surface area (TPSA) is 91.2 Å². The minimum Gasteiger partial charge on any atom is -0.495 e. The van der Waals surface area contributed by atoms with Gasteiger partial charge in [0, 0.05) is 24.4 Å². The number of nitrogens with zero attached hydrogens (tertiary/aromatic N) is 4. The van der Waals surface area contributed by atoms with Crippen LogP contribution in [0.1, 0.15) is 28.5 Å². The smallest absolute Gasteiger partial charge is 0.388 e. The lowest BCUT2D eigenvalue weighted by Crippen LogP contribution is -2.28. The molecule has 0 saturated carbocycles. The molecule has 0 fully saturated rings. The van der Waals surface area contributed by atoms with Crippen molar-refractivity contribution in [2.45, 2.75) is 33.2 Å². The first-order valence-corrected chi connectivity index (χ1v) is 9.00. The number of carbonyl (C=O) groups excluding carboxylic acids is 1. The summed E-state index contributed by atoms with van der Waals surface area (Å²) in [5, 5.41) is 2.51. The van der Waals surface area contributed by atoms with Crippen molar-refractivity contribution >= 4 is 16.9 Å². The fourth-order valence-corrected chi connectivity index (χ4v) is 2.88. The number of ether oxygens (including phenoxy) is 2. The van der Waals surface area contributed by atoms with Gasteiger partial charge < -0.3 is 19.4 Å². The van der Waals surface area contributed by atoms with Crippen molar-refractivity contribution in [2.24, 2.45) is 0 Å². The molecule has 30 heavy (non-hydrogen) atoms. The van der Waals surface area contributed by atoms with E-state index in [0.717, 1.165) is 6.33 Å². The summed E-state index contributed by atoms with van der Waals surface area (Å²) in [7, 11) is 1.48. The summed E-state index contributed by atoms with van der Waals surface area (Å²) in [6.07, 6.45) is 2.93. The van der Waals surface area contributed by atoms with Crippen molar-refractivity contribution in [3.63, 3.8) is 0 Å². The predicted molar refractivity (Wildman–Crippen MR) is 102 cm³/mol. The molecule has 0 aromatic carbocycles. The average Bonchev–Trinajstić information content (AvgIpc) is 3.06. The Morgan fingerprint density at radius 3 is 2.70 bits per heavy atom. The molecule has 0 aliphatic heterocycles. The molecule has 11 heteroatoms. The second-order valence-corrected chi connectivity index (χ2v) is 6.53. The molecule has 3 rings (SSSR count). The van der Waals surface area contributed by atoms with E-state index in [0.29, 0.717) is 28.0 Å². The number of hydrogen-bond donors (Lipinski definition) is 1. The SMILES string of the molecule is COc1cnc2c(C(=O)NCC(C)F)cn(Cc3ncnc(OC(F)F)c3C)c2c1. The Labute approximate surface area is 170 Å². The zero-order valence-electron chi connectivity index (χ0n) is 16.5. The fraction of sp³-hybridized carbons (Fsp3) is 0.368. The molecule has 8 nitrogen and oxygen atoms in total. The summed E-state index contributed by atoms with van der Waals surface area (Å²) < 4.78 is 49.6. The van der Waals surface area contributed by atoms with Gasteiger partial charge in [0.05, 0.1) is 36.6 Å². The first-order chi connectivity index (χ1) is 14.3. The Kier molecular flexibility index (Phi) is 6.38. The van der Waals surface area contributed by atoms with Gasteiger partial charge in [-0.05, 0) is 13.8 Å². The number of nitrogens with one attached hydrogen (secondary N) is 1. The van der Waals surface area contributed by atoms with Crippen LogP contribution in [0.25, 0.3) is 11.0 Å². The van der Waals surface area contributed by atoms with Crippen molar-refractivity contribution < 1.29 is 27.4 Å². The minimum atomic E-state index is -3.01. The molecule has 1 amide bonds. The van der Waals surface area contributed by atoms with Crippen molar-refractivity contribution in [3.05, 3.63) is 41.6 Å². The highest BCUT2D eigenvalue weighted by Gasteiger charge is 2.20. The van der Waals surface area contributed by atoms with Gasteiger partial charge in [-0.1, -0.05) is 0 Å². The van der Waals surface area contributed by atoms with E-state index in [1.54, 1.807) is 23.8 Å². The number of rotatable bonds is 8. The van der Waals surface area contributed by atoms with Crippen molar-refractivity contribution in [1.29, 1.82) is 0 Å². The van der Waals surface area contributed by atoms with Crippen LogP contribution in [0.3, 0.4) is 0 Å². The second-order valence-electron chi connectivity index (χ2n) is 6.53. The maximum atomic E-state index is 13.1. The highest BCUT2D eigenvalue weighted by atomic mass is 19.3. The molecule has 1 atom stereocenters. The molecule has 1 N–H and O–H groups in total. The van der Waals surface area contributed by atoms with Crippen LogP contribution < -0.4 is 14.8 Å². The van der Waals surface area contributed by atoms with Gasteiger partial charge in [-0.15, -0.1) is 0 Å². The van der Waals surface area contributed by atoms with Crippen LogP contribution >= 0.6 is 0 Å². The van der Waals surface area contributed by atoms with Crippen LogP contribution in [0.2, 0.25) is 0 Å². The number of amides is 1. The molecule has 0 spiro atoms. The third kappa shape index (κ3) is 4.61. The predicted octanol–water partition coefficient (Wildman–Crippen LogP) is 2.88. The van der Waals surface area contributed by atoms with Gasteiger partial charge >= 0.3 is 6.61 Å². The van der Waals surface area contributed by atoms with Gasteiger partial charge in [0.1, 0.15) is 23.8 Å². The quantitative estimate of drug-likeness (QED) is 0.599. The molecule has 0 aliphatic carbocycles. The van der Waals surface area contributed by atoms with Crippen molar-refractivity contribution in [3.8, 4) is 11.6 Å². The lowest BCUT2D eigenvalue weighted by atomic mass is 10.2. The summed E-state index contributed by atoms with van der Waals surface area (Å²) in [6, 6.07) is 1.68. The molecule has 3 heterocycles. The Hall–Kier alpha value is -3.37. The van der Waals surface area contributed by atoms with E-state index in [-0.39, 0.29) is 24.5 Å². The van der Waals surface area contributed by atoms with Crippen LogP contribution in [0.4, 0.5) is 13.2 Å². The van der Waals surface area contributed by atoms with Gasteiger partial charge in [-0.3, -0.25) is 4.79 Å². The number of alkyl halides is 3. The number of pyridine rings is 1. The fourth-order valence-electron chi connectivity index (χ4n) is 2.88. The highest BCUT2D eigenvalue weighted by Crippen LogP contribution is 2.26. The first-order valence-electron chi connectivity index (χ1n) is 9.00. The standard InChI is InChI=1S/C19H20F3N5O3/c1-10(20)5-24-17(28)13-7-27(15-4-12(29-3)6-23-16(13)15)8-14-11(2)18(26-9-25-14)30-19(21)22/h4,6-7,9-10,19H,5,8H2,1-3H3,(H,24,28). The monoisotopic (exact) mass is 423 g/mol. The number of hydrogen-bond acceptors (Lipinski definition) is 6. The lowest BCUT2D eigenvalue weighted by molar-refractivity contribution is -0.0534. The summed E-state index contributed by atoms with van der Waals surface area (Å²) in [4.78, 5) is 24.7. The van der Waals surface area contributed by atoms with Gasteiger partial charge in [0.15, 0.2) is 0 Å². The summed E-state index contributed by atoms with van der Waals surface area (Å²) >= 11 is 0. The van der Waals surface area contributed by atoms with Gasteiger partial charge in [0.25, 0.3) is 5.91 Å². The number of carbonyl (C=O) groups is 1. The normalized spacial score (nSPS) is 12.2. The van der Waals surface area contributed by atoms with E-state index < -0.39 is 18.7 Å². The zero-order chi connectivity index (χ0) is 21.8. The zero-order valence-corrected chi connectivity index (χ0v) is 16.5. The van der Waals surface area contributed by atoms with E-state index in [9.17, 15) is 18.0 Å². The molecule has 3 aromatic heterocycles. The second kappa shape index (κ2) is 8.97. The molecule has 160 valence electrons. The van der Waals surface area contributed by atoms with Gasteiger partial charge in [-0.2, -0.15) is 8.78 Å². The van der Waals surface area contributed by atoms with Crippen LogP contribution in [0.5, 0.6) is 11.6 Å². The largest absolute Gasteiger partial charge is 0.495 e. The van der Waals surface area contributed by atoms with Gasteiger partial charge in [-0.25, -0.2) is 19.3 Å². The molecule has 0 saturated heterocycles. The summed E-state index contributed by atoms with van der Waals surface area (Å²) in [5.74, 6) is -0.244. The van der Waals surface area contributed by atoms with E-state index in [2.05, 4.69) is 25.0 Å². The maximum Gasteiger partial charge on any atom is 0.388 e. The molecule has 0 aliphatic rings. The Balaban J connectivity index is 2.02. The van der Waals surface area contributed by atoms with E-state index in [1.807, 2.05) is 0 Å². The van der Waals surface area contributed by atoms with E-state index in [1.165, 1.54) is 20.2 Å². The summed E-state index contributed by atoms with van der Waals surface area (Å²) in [5.41, 5.74) is 1.94. The molecule has 3 aromatic rings. The Bertz CT molecular complexity index is 1060. The van der Waals surface area contributed by atoms with Crippen LogP contribution in [-0.2, 0) is 6.54 Å². The van der Waals surface area contributed by atoms with Crippen molar-refractivity contribution in [2.75, 3.05) is 13.7 Å². The maximum absolute atomic E-state index is 13.1. The average molecular weight is 423 g/mol. The van der Waals surface area contributed by atoms with Crippen LogP contribution in [-0.4, -0.2) is 51.9 Å². The minimum absolute atomic E-state index is 0.131. The van der Waals surface area contributed by atoms with E-state index in [4.69, 9.17) is 4.74 Å². The van der Waals surface area contributed by atoms with E-state index >= 15 is 0 Å². The third-order valence-electron chi connectivity index (χ3n) is 4.38. The molecular weight excluding hydrogens is 403 g/mol. The van der Waals surface area contributed by atoms with Gasteiger partial charge in [0.2, 0.25) is 5.88 Å². The molecule has 0 bridgehead atoms. The summed E-state index contributed by atoms with van der Waals surface area (Å²) in [6.45, 7) is -0.120. The Morgan fingerprint density at radius 1 is 1.27 bits per heavy atom. The Morgan fingerprint density at radius 2 is 2.03 bits per heavy atom. The van der Waals surface area contributed by atoms with Crippen LogP contribution in [0.15, 0.2) is 24.8 Å². The number of aromatic nitrogens is 4. The first kappa shape index (κ1) is 21.3. The molecular formula is C19H20F3N5O3. The lowest BCUT2D eigenvalue weighted by Gasteiger charge is -2.11. The molecule has 1 unspecified atom stereocenters. The van der Waals surface area contributed by atoms with Crippen LogP contribution in [0, 0.1) is 6.92 Å².